The van der Waals surface area contributed by atoms with Gasteiger partial charge < -0.3 is 10.0 Å². The zero-order chi connectivity index (χ0) is 11.7. The lowest BCUT2D eigenvalue weighted by atomic mass is 10.1. The van der Waals surface area contributed by atoms with E-state index in [9.17, 15) is 5.11 Å². The number of hydrogen-bond acceptors (Lipinski definition) is 3. The molecule has 0 aliphatic carbocycles. The van der Waals surface area contributed by atoms with Crippen molar-refractivity contribution in [3.05, 3.63) is 36.5 Å². The van der Waals surface area contributed by atoms with Crippen molar-refractivity contribution in [3.8, 4) is 0 Å². The first-order valence-corrected chi connectivity index (χ1v) is 6.11. The summed E-state index contributed by atoms with van der Waals surface area (Å²) in [6, 6.07) is 10.4. The van der Waals surface area contributed by atoms with E-state index in [0.29, 0.717) is 0 Å². The van der Waals surface area contributed by atoms with E-state index in [-0.39, 0.29) is 6.10 Å². The van der Waals surface area contributed by atoms with E-state index in [2.05, 4.69) is 22.0 Å². The molecule has 1 fully saturated rings. The molecule has 1 aliphatic rings. The van der Waals surface area contributed by atoms with Gasteiger partial charge in [-0.25, -0.2) is 4.98 Å². The normalized spacial score (nSPS) is 17.6. The van der Waals surface area contributed by atoms with Crippen molar-refractivity contribution in [2.45, 2.75) is 18.9 Å². The summed E-state index contributed by atoms with van der Waals surface area (Å²) in [4.78, 5) is 6.77. The summed E-state index contributed by atoms with van der Waals surface area (Å²) in [5, 5.41) is 12.0. The smallest absolute Gasteiger partial charge is 0.136 e. The van der Waals surface area contributed by atoms with E-state index in [4.69, 9.17) is 0 Å². The van der Waals surface area contributed by atoms with Crippen LogP contribution in [-0.4, -0.2) is 29.3 Å². The van der Waals surface area contributed by atoms with Crippen molar-refractivity contribution in [1.82, 2.24) is 4.98 Å². The van der Waals surface area contributed by atoms with E-state index in [1.165, 1.54) is 10.8 Å². The highest BCUT2D eigenvalue weighted by atomic mass is 16.3. The van der Waals surface area contributed by atoms with Gasteiger partial charge in [-0.05, 0) is 24.3 Å². The number of piperidine rings is 1. The first-order valence-electron chi connectivity index (χ1n) is 6.11. The Morgan fingerprint density at radius 2 is 1.88 bits per heavy atom. The van der Waals surface area contributed by atoms with E-state index in [1.54, 1.807) is 0 Å². The van der Waals surface area contributed by atoms with E-state index >= 15 is 0 Å². The molecule has 1 aliphatic heterocycles. The minimum atomic E-state index is -0.138. The van der Waals surface area contributed by atoms with Crippen LogP contribution in [0.5, 0.6) is 0 Å². The summed E-state index contributed by atoms with van der Waals surface area (Å²) in [7, 11) is 0. The summed E-state index contributed by atoms with van der Waals surface area (Å²) < 4.78 is 0. The van der Waals surface area contributed by atoms with Gasteiger partial charge in [-0.15, -0.1) is 0 Å². The van der Waals surface area contributed by atoms with E-state index < -0.39 is 0 Å². The van der Waals surface area contributed by atoms with Crippen molar-refractivity contribution in [2.24, 2.45) is 0 Å². The van der Waals surface area contributed by atoms with Gasteiger partial charge >= 0.3 is 0 Å². The van der Waals surface area contributed by atoms with Crippen molar-refractivity contribution in [2.75, 3.05) is 18.0 Å². The fourth-order valence-electron chi connectivity index (χ4n) is 2.43. The summed E-state index contributed by atoms with van der Waals surface area (Å²) in [5.41, 5.74) is 0. The number of hydrogen-bond donors (Lipinski definition) is 1. The summed E-state index contributed by atoms with van der Waals surface area (Å²) >= 11 is 0. The summed E-state index contributed by atoms with van der Waals surface area (Å²) in [6.45, 7) is 1.78. The Labute approximate surface area is 101 Å². The second-order valence-corrected chi connectivity index (χ2v) is 4.57. The molecular formula is C14H16N2O. The van der Waals surface area contributed by atoms with Crippen LogP contribution in [0.4, 0.5) is 5.82 Å². The highest BCUT2D eigenvalue weighted by molar-refractivity contribution is 5.92. The fourth-order valence-corrected chi connectivity index (χ4v) is 2.43. The van der Waals surface area contributed by atoms with Gasteiger partial charge in [0.2, 0.25) is 0 Å². The third kappa shape index (κ3) is 1.98. The molecule has 0 atom stereocenters. The second-order valence-electron chi connectivity index (χ2n) is 4.57. The molecule has 3 heteroatoms. The molecule has 1 aromatic carbocycles. The molecule has 2 aromatic rings. The Kier molecular flexibility index (Phi) is 2.69. The van der Waals surface area contributed by atoms with Gasteiger partial charge in [0.1, 0.15) is 5.82 Å². The number of rotatable bonds is 1. The van der Waals surface area contributed by atoms with Gasteiger partial charge in [0.15, 0.2) is 0 Å². The second kappa shape index (κ2) is 4.34. The number of nitrogens with zero attached hydrogens (tertiary/aromatic N) is 2. The third-order valence-corrected chi connectivity index (χ3v) is 3.42. The highest BCUT2D eigenvalue weighted by Gasteiger charge is 2.19. The molecule has 0 amide bonds. The third-order valence-electron chi connectivity index (χ3n) is 3.42. The lowest BCUT2D eigenvalue weighted by Gasteiger charge is -2.31. The van der Waals surface area contributed by atoms with Crippen LogP contribution in [0.3, 0.4) is 0 Å². The van der Waals surface area contributed by atoms with Gasteiger partial charge in [0.25, 0.3) is 0 Å². The lowest BCUT2D eigenvalue weighted by molar-refractivity contribution is 0.145. The van der Waals surface area contributed by atoms with Crippen LogP contribution in [0.2, 0.25) is 0 Å². The monoisotopic (exact) mass is 228 g/mol. The first kappa shape index (κ1) is 10.5. The molecular weight excluding hydrogens is 212 g/mol. The standard InChI is InChI=1S/C14H16N2O/c17-12-6-9-16(10-7-12)14-13-4-2-1-3-11(13)5-8-15-14/h1-5,8,12,17H,6-7,9-10H2. The van der Waals surface area contributed by atoms with Crippen LogP contribution in [0.25, 0.3) is 10.8 Å². The highest BCUT2D eigenvalue weighted by Crippen LogP contribution is 2.26. The molecule has 2 heterocycles. The summed E-state index contributed by atoms with van der Waals surface area (Å²) in [6.07, 6.45) is 3.40. The average molecular weight is 228 g/mol. The van der Waals surface area contributed by atoms with Crippen LogP contribution in [0.15, 0.2) is 36.5 Å². The quantitative estimate of drug-likeness (QED) is 0.813. The van der Waals surface area contributed by atoms with Crippen molar-refractivity contribution < 1.29 is 5.11 Å². The average Bonchev–Trinajstić information content (AvgIpc) is 2.39. The number of aliphatic hydroxyl groups is 1. The Bertz CT molecular complexity index is 513. The maximum absolute atomic E-state index is 9.54. The fraction of sp³-hybridized carbons (Fsp3) is 0.357. The first-order chi connectivity index (χ1) is 8.34. The Morgan fingerprint density at radius 1 is 1.12 bits per heavy atom. The molecule has 0 radical (unpaired) electrons. The zero-order valence-corrected chi connectivity index (χ0v) is 9.71. The number of fused-ring (bicyclic) bond motifs is 1. The SMILES string of the molecule is OC1CCN(c2nccc3ccccc23)CC1. The largest absolute Gasteiger partial charge is 0.393 e. The molecule has 1 saturated heterocycles. The number of pyridine rings is 1. The van der Waals surface area contributed by atoms with Crippen LogP contribution in [0.1, 0.15) is 12.8 Å². The molecule has 17 heavy (non-hydrogen) atoms. The number of benzene rings is 1. The van der Waals surface area contributed by atoms with Crippen molar-refractivity contribution in [3.63, 3.8) is 0 Å². The Morgan fingerprint density at radius 3 is 2.71 bits per heavy atom. The molecule has 1 aromatic heterocycles. The van der Waals surface area contributed by atoms with Crippen molar-refractivity contribution >= 4 is 16.6 Å². The predicted molar refractivity (Wildman–Crippen MR) is 69.2 cm³/mol. The maximum Gasteiger partial charge on any atom is 0.136 e. The molecule has 0 bridgehead atoms. The van der Waals surface area contributed by atoms with Crippen LogP contribution < -0.4 is 4.90 Å². The van der Waals surface area contributed by atoms with Gasteiger partial charge in [0, 0.05) is 24.7 Å². The van der Waals surface area contributed by atoms with Crippen molar-refractivity contribution in [1.29, 1.82) is 0 Å². The van der Waals surface area contributed by atoms with Gasteiger partial charge in [-0.2, -0.15) is 0 Å². The lowest BCUT2D eigenvalue weighted by Crippen LogP contribution is -2.36. The van der Waals surface area contributed by atoms with Gasteiger partial charge in [-0.3, -0.25) is 0 Å². The van der Waals surface area contributed by atoms with Crippen LogP contribution in [0, 0.1) is 0 Å². The summed E-state index contributed by atoms with van der Waals surface area (Å²) in [5.74, 6) is 1.05. The van der Waals surface area contributed by atoms with Crippen LogP contribution in [-0.2, 0) is 0 Å². The van der Waals surface area contributed by atoms with Crippen LogP contribution >= 0.6 is 0 Å². The van der Waals surface area contributed by atoms with Gasteiger partial charge in [0.05, 0.1) is 6.10 Å². The molecule has 0 spiro atoms. The number of aromatic nitrogens is 1. The van der Waals surface area contributed by atoms with E-state index in [1.807, 2.05) is 24.4 Å². The minimum Gasteiger partial charge on any atom is -0.393 e. The predicted octanol–water partition coefficient (Wildman–Crippen LogP) is 2.20. The topological polar surface area (TPSA) is 36.4 Å². The maximum atomic E-state index is 9.54. The van der Waals surface area contributed by atoms with E-state index in [0.717, 1.165) is 31.7 Å². The Balaban J connectivity index is 2.00. The molecule has 3 rings (SSSR count). The number of aliphatic hydroxyl groups excluding tert-OH is 1. The molecule has 0 unspecified atom stereocenters. The van der Waals surface area contributed by atoms with Gasteiger partial charge in [-0.1, -0.05) is 24.3 Å². The zero-order valence-electron chi connectivity index (χ0n) is 9.71. The minimum absolute atomic E-state index is 0.138. The Hall–Kier alpha value is -1.61. The molecule has 3 nitrogen and oxygen atoms in total. The number of anilines is 1. The molecule has 0 saturated carbocycles. The molecule has 1 N–H and O–H groups in total. The molecule has 88 valence electrons.